The van der Waals surface area contributed by atoms with E-state index in [0.717, 1.165) is 18.2 Å². The standard InChI is InChI=1S/C12H13N3O5S/c16-11-3-2-9(8-10(11)12(17)18)21(19,20)14-5-7-15-6-1-4-13-15/h1-4,6,8,14,16H,5,7H2,(H,17,18). The molecule has 0 bridgehead atoms. The molecule has 0 aliphatic rings. The minimum absolute atomic E-state index is 0.104. The van der Waals surface area contributed by atoms with Gasteiger partial charge in [0.1, 0.15) is 11.3 Å². The Morgan fingerprint density at radius 2 is 2.14 bits per heavy atom. The van der Waals surface area contributed by atoms with Gasteiger partial charge in [-0.2, -0.15) is 5.10 Å². The molecule has 0 saturated carbocycles. The third-order valence-electron chi connectivity index (χ3n) is 2.70. The van der Waals surface area contributed by atoms with Crippen LogP contribution in [0, 0.1) is 0 Å². The summed E-state index contributed by atoms with van der Waals surface area (Å²) < 4.78 is 28.0. The molecule has 0 unspecified atom stereocenters. The molecule has 1 aromatic carbocycles. The van der Waals surface area contributed by atoms with Gasteiger partial charge in [0.2, 0.25) is 10.0 Å². The highest BCUT2D eigenvalue weighted by Gasteiger charge is 2.18. The van der Waals surface area contributed by atoms with Crippen molar-refractivity contribution in [2.75, 3.05) is 6.54 Å². The zero-order valence-electron chi connectivity index (χ0n) is 10.8. The molecule has 0 aliphatic carbocycles. The average molecular weight is 311 g/mol. The van der Waals surface area contributed by atoms with E-state index in [-0.39, 0.29) is 11.4 Å². The second-order valence-electron chi connectivity index (χ2n) is 4.15. The number of nitrogens with zero attached hydrogens (tertiary/aromatic N) is 2. The van der Waals surface area contributed by atoms with Crippen molar-refractivity contribution < 1.29 is 23.4 Å². The molecule has 112 valence electrons. The summed E-state index contributed by atoms with van der Waals surface area (Å²) in [5, 5.41) is 22.2. The fourth-order valence-corrected chi connectivity index (χ4v) is 2.71. The number of benzene rings is 1. The molecular weight excluding hydrogens is 298 g/mol. The van der Waals surface area contributed by atoms with Crippen LogP contribution < -0.4 is 4.72 Å². The topological polar surface area (TPSA) is 122 Å². The third kappa shape index (κ3) is 3.58. The Balaban J connectivity index is 2.12. The summed E-state index contributed by atoms with van der Waals surface area (Å²) in [5.41, 5.74) is -0.468. The number of rotatable bonds is 6. The first kappa shape index (κ1) is 15.0. The second kappa shape index (κ2) is 5.94. The van der Waals surface area contributed by atoms with Gasteiger partial charge in [-0.3, -0.25) is 4.68 Å². The Bertz CT molecular complexity index is 740. The first-order valence-electron chi connectivity index (χ1n) is 5.93. The van der Waals surface area contributed by atoms with Crippen LogP contribution in [0.1, 0.15) is 10.4 Å². The lowest BCUT2D eigenvalue weighted by Crippen LogP contribution is -2.27. The van der Waals surface area contributed by atoms with Gasteiger partial charge in [-0.1, -0.05) is 0 Å². The molecule has 0 saturated heterocycles. The summed E-state index contributed by atoms with van der Waals surface area (Å²) in [7, 11) is -3.85. The molecule has 2 aromatic rings. The maximum atomic E-state index is 12.0. The molecule has 0 fully saturated rings. The smallest absolute Gasteiger partial charge is 0.339 e. The van der Waals surface area contributed by atoms with Crippen molar-refractivity contribution in [2.45, 2.75) is 11.4 Å². The van der Waals surface area contributed by atoms with Crippen molar-refractivity contribution >= 4 is 16.0 Å². The van der Waals surface area contributed by atoms with Crippen LogP contribution in [-0.2, 0) is 16.6 Å². The zero-order chi connectivity index (χ0) is 15.5. The quantitative estimate of drug-likeness (QED) is 0.704. The maximum Gasteiger partial charge on any atom is 0.339 e. The van der Waals surface area contributed by atoms with E-state index in [4.69, 9.17) is 5.11 Å². The van der Waals surface area contributed by atoms with Crippen LogP contribution >= 0.6 is 0 Å². The first-order chi connectivity index (χ1) is 9.90. The van der Waals surface area contributed by atoms with E-state index in [0.29, 0.717) is 6.54 Å². The van der Waals surface area contributed by atoms with Gasteiger partial charge in [0.25, 0.3) is 0 Å². The van der Waals surface area contributed by atoms with Gasteiger partial charge in [0.05, 0.1) is 11.4 Å². The number of sulfonamides is 1. The molecule has 0 amide bonds. The lowest BCUT2D eigenvalue weighted by Gasteiger charge is -2.08. The fourth-order valence-electron chi connectivity index (χ4n) is 1.66. The van der Waals surface area contributed by atoms with Gasteiger partial charge >= 0.3 is 5.97 Å². The molecule has 9 heteroatoms. The van der Waals surface area contributed by atoms with E-state index in [9.17, 15) is 18.3 Å². The zero-order valence-corrected chi connectivity index (χ0v) is 11.6. The van der Waals surface area contributed by atoms with E-state index in [1.54, 1.807) is 23.1 Å². The van der Waals surface area contributed by atoms with Crippen LogP contribution in [0.25, 0.3) is 0 Å². The van der Waals surface area contributed by atoms with E-state index in [1.165, 1.54) is 0 Å². The predicted molar refractivity (Wildman–Crippen MR) is 72.5 cm³/mol. The van der Waals surface area contributed by atoms with Crippen molar-refractivity contribution in [3.05, 3.63) is 42.2 Å². The number of phenols is 1. The normalized spacial score (nSPS) is 11.4. The van der Waals surface area contributed by atoms with Crippen molar-refractivity contribution in [3.63, 3.8) is 0 Å². The molecule has 0 radical (unpaired) electrons. The Labute approximate surface area is 120 Å². The number of aromatic nitrogens is 2. The summed E-state index contributed by atoms with van der Waals surface area (Å²) in [5.74, 6) is -1.89. The lowest BCUT2D eigenvalue weighted by atomic mass is 10.2. The third-order valence-corrected chi connectivity index (χ3v) is 4.16. The van der Waals surface area contributed by atoms with Crippen LogP contribution in [0.2, 0.25) is 0 Å². The SMILES string of the molecule is O=C(O)c1cc(S(=O)(=O)NCCn2cccn2)ccc1O. The highest BCUT2D eigenvalue weighted by molar-refractivity contribution is 7.89. The Kier molecular flexibility index (Phi) is 4.24. The number of nitrogens with one attached hydrogen (secondary N) is 1. The summed E-state index contributed by atoms with van der Waals surface area (Å²) in [6, 6.07) is 4.80. The predicted octanol–water partition coefficient (Wildman–Crippen LogP) is 0.265. The molecule has 0 aliphatic heterocycles. The minimum Gasteiger partial charge on any atom is -0.507 e. The summed E-state index contributed by atoms with van der Waals surface area (Å²) in [4.78, 5) is 10.7. The molecule has 8 nitrogen and oxygen atoms in total. The van der Waals surface area contributed by atoms with Gasteiger partial charge in [0.15, 0.2) is 0 Å². The van der Waals surface area contributed by atoms with Gasteiger partial charge in [-0.05, 0) is 24.3 Å². The highest BCUT2D eigenvalue weighted by atomic mass is 32.2. The average Bonchev–Trinajstić information content (AvgIpc) is 2.91. The fraction of sp³-hybridized carbons (Fsp3) is 0.167. The number of carbonyl (C=O) groups is 1. The monoisotopic (exact) mass is 311 g/mol. The number of hydrogen-bond donors (Lipinski definition) is 3. The molecular formula is C12H13N3O5S. The molecule has 1 aromatic heterocycles. The van der Waals surface area contributed by atoms with E-state index in [2.05, 4.69) is 9.82 Å². The van der Waals surface area contributed by atoms with E-state index >= 15 is 0 Å². The summed E-state index contributed by atoms with van der Waals surface area (Å²) in [6.45, 7) is 0.448. The van der Waals surface area contributed by atoms with Gasteiger partial charge in [-0.25, -0.2) is 17.9 Å². The van der Waals surface area contributed by atoms with Gasteiger partial charge in [0, 0.05) is 18.9 Å². The molecule has 2 rings (SSSR count). The van der Waals surface area contributed by atoms with Crippen molar-refractivity contribution in [2.24, 2.45) is 0 Å². The van der Waals surface area contributed by atoms with Crippen LogP contribution in [0.5, 0.6) is 5.75 Å². The second-order valence-corrected chi connectivity index (χ2v) is 5.92. The van der Waals surface area contributed by atoms with Crippen LogP contribution in [0.15, 0.2) is 41.6 Å². The number of carboxylic acids is 1. The molecule has 21 heavy (non-hydrogen) atoms. The molecule has 3 N–H and O–H groups in total. The van der Waals surface area contributed by atoms with E-state index < -0.39 is 27.3 Å². The van der Waals surface area contributed by atoms with Gasteiger partial charge in [-0.15, -0.1) is 0 Å². The molecule has 0 spiro atoms. The van der Waals surface area contributed by atoms with Crippen molar-refractivity contribution in [3.8, 4) is 5.75 Å². The molecule has 1 heterocycles. The Morgan fingerprint density at radius 1 is 1.38 bits per heavy atom. The number of carboxylic acid groups (broad SMARTS) is 1. The highest BCUT2D eigenvalue weighted by Crippen LogP contribution is 2.21. The van der Waals surface area contributed by atoms with Crippen LogP contribution in [-0.4, -0.2) is 40.9 Å². The molecule has 0 atom stereocenters. The van der Waals surface area contributed by atoms with E-state index in [1.807, 2.05) is 0 Å². The van der Waals surface area contributed by atoms with Crippen molar-refractivity contribution in [1.82, 2.24) is 14.5 Å². The van der Waals surface area contributed by atoms with Crippen molar-refractivity contribution in [1.29, 1.82) is 0 Å². The van der Waals surface area contributed by atoms with Crippen LogP contribution in [0.3, 0.4) is 0 Å². The minimum atomic E-state index is -3.85. The lowest BCUT2D eigenvalue weighted by molar-refractivity contribution is 0.0693. The number of aromatic hydroxyl groups is 1. The summed E-state index contributed by atoms with van der Waals surface area (Å²) >= 11 is 0. The maximum absolute atomic E-state index is 12.0. The first-order valence-corrected chi connectivity index (χ1v) is 7.42. The van der Waals surface area contributed by atoms with Crippen LogP contribution in [0.4, 0.5) is 0 Å². The summed E-state index contributed by atoms with van der Waals surface area (Å²) in [6.07, 6.45) is 3.27. The Hall–Kier alpha value is -2.39. The Morgan fingerprint density at radius 3 is 2.76 bits per heavy atom. The number of aromatic carboxylic acids is 1. The largest absolute Gasteiger partial charge is 0.507 e. The number of hydrogen-bond acceptors (Lipinski definition) is 5. The van der Waals surface area contributed by atoms with Gasteiger partial charge < -0.3 is 10.2 Å².